The van der Waals surface area contributed by atoms with Crippen molar-refractivity contribution in [2.75, 3.05) is 0 Å². The van der Waals surface area contributed by atoms with Gasteiger partial charge in [0.05, 0.1) is 11.4 Å². The van der Waals surface area contributed by atoms with E-state index in [0.29, 0.717) is 0 Å². The number of hydrogen-bond donors (Lipinski definition) is 0. The van der Waals surface area contributed by atoms with E-state index in [1.54, 1.807) is 0 Å². The Morgan fingerprint density at radius 3 is 1.48 bits per heavy atom. The summed E-state index contributed by atoms with van der Waals surface area (Å²) >= 11 is 3.57. The molecule has 0 N–H and O–H groups in total. The maximum absolute atomic E-state index is 4.93. The Morgan fingerprint density at radius 2 is 0.903 bits per heavy atom. The molecule has 31 heavy (non-hydrogen) atoms. The minimum Gasteiger partial charge on any atom is -0.228 e. The predicted molar refractivity (Wildman–Crippen MR) is 131 cm³/mol. The standard InChI is InChI=1S/C28H19BrN2/c29-25-16-8-14-23(18-25)22-13-7-15-24(17-22)28-30-26(20-9-3-1-4-10-20)19-27(31-28)21-11-5-2-6-12-21/h1-19H. The Bertz CT molecular complexity index is 1270. The maximum Gasteiger partial charge on any atom is 0.160 e. The predicted octanol–water partition coefficient (Wildman–Crippen LogP) is 7.91. The first-order valence-electron chi connectivity index (χ1n) is 10.1. The van der Waals surface area contributed by atoms with E-state index in [1.807, 2.05) is 48.5 Å². The second kappa shape index (κ2) is 8.66. The molecule has 5 aromatic rings. The molecule has 0 saturated heterocycles. The third kappa shape index (κ3) is 4.32. The highest BCUT2D eigenvalue weighted by molar-refractivity contribution is 9.10. The van der Waals surface area contributed by atoms with Crippen LogP contribution in [0.2, 0.25) is 0 Å². The van der Waals surface area contributed by atoms with E-state index in [0.717, 1.165) is 49.5 Å². The van der Waals surface area contributed by atoms with Crippen molar-refractivity contribution >= 4 is 15.9 Å². The van der Waals surface area contributed by atoms with Gasteiger partial charge in [-0.25, -0.2) is 9.97 Å². The molecule has 0 atom stereocenters. The van der Waals surface area contributed by atoms with E-state index in [-0.39, 0.29) is 0 Å². The van der Waals surface area contributed by atoms with Crippen LogP contribution in [0, 0.1) is 0 Å². The molecule has 3 heteroatoms. The number of halogens is 1. The fourth-order valence-electron chi connectivity index (χ4n) is 3.60. The molecule has 0 aliphatic rings. The second-order valence-electron chi connectivity index (χ2n) is 7.29. The van der Waals surface area contributed by atoms with Gasteiger partial charge < -0.3 is 0 Å². The molecule has 5 rings (SSSR count). The van der Waals surface area contributed by atoms with Crippen molar-refractivity contribution < 1.29 is 0 Å². The first-order chi connectivity index (χ1) is 15.3. The zero-order valence-electron chi connectivity index (χ0n) is 16.7. The van der Waals surface area contributed by atoms with Gasteiger partial charge in [-0.3, -0.25) is 0 Å². The summed E-state index contributed by atoms with van der Waals surface area (Å²) in [5.74, 6) is 0.719. The maximum atomic E-state index is 4.93. The van der Waals surface area contributed by atoms with Crippen LogP contribution >= 0.6 is 15.9 Å². The lowest BCUT2D eigenvalue weighted by Crippen LogP contribution is -1.96. The fraction of sp³-hybridized carbons (Fsp3) is 0. The van der Waals surface area contributed by atoms with Crippen molar-refractivity contribution in [3.05, 3.63) is 120 Å². The molecule has 0 spiro atoms. The average molecular weight is 463 g/mol. The van der Waals surface area contributed by atoms with Crippen molar-refractivity contribution in [3.63, 3.8) is 0 Å². The Morgan fingerprint density at radius 1 is 0.419 bits per heavy atom. The molecule has 0 radical (unpaired) electrons. The summed E-state index contributed by atoms with van der Waals surface area (Å²) in [5.41, 5.74) is 7.26. The van der Waals surface area contributed by atoms with Gasteiger partial charge in [0.15, 0.2) is 5.82 Å². The Hall–Kier alpha value is -3.56. The third-order valence-electron chi connectivity index (χ3n) is 5.14. The van der Waals surface area contributed by atoms with Gasteiger partial charge >= 0.3 is 0 Å². The lowest BCUT2D eigenvalue weighted by Gasteiger charge is -2.10. The van der Waals surface area contributed by atoms with E-state index >= 15 is 0 Å². The molecule has 1 heterocycles. The molecule has 0 unspecified atom stereocenters. The van der Waals surface area contributed by atoms with Gasteiger partial charge in [0.1, 0.15) is 0 Å². The molecule has 0 amide bonds. The zero-order valence-corrected chi connectivity index (χ0v) is 18.3. The van der Waals surface area contributed by atoms with E-state index < -0.39 is 0 Å². The topological polar surface area (TPSA) is 25.8 Å². The Balaban J connectivity index is 1.66. The summed E-state index contributed by atoms with van der Waals surface area (Å²) in [7, 11) is 0. The quantitative estimate of drug-likeness (QED) is 0.271. The van der Waals surface area contributed by atoms with E-state index in [1.165, 1.54) is 0 Å². The van der Waals surface area contributed by atoms with Crippen LogP contribution in [-0.2, 0) is 0 Å². The van der Waals surface area contributed by atoms with Crippen LogP contribution in [0.25, 0.3) is 45.0 Å². The lowest BCUT2D eigenvalue weighted by molar-refractivity contribution is 1.18. The normalized spacial score (nSPS) is 10.7. The second-order valence-corrected chi connectivity index (χ2v) is 8.20. The third-order valence-corrected chi connectivity index (χ3v) is 5.64. The van der Waals surface area contributed by atoms with Crippen LogP contribution in [0.5, 0.6) is 0 Å². The first-order valence-corrected chi connectivity index (χ1v) is 10.9. The van der Waals surface area contributed by atoms with E-state index in [4.69, 9.17) is 9.97 Å². The summed E-state index contributed by atoms with van der Waals surface area (Å²) in [6.45, 7) is 0. The van der Waals surface area contributed by atoms with Crippen molar-refractivity contribution in [1.82, 2.24) is 9.97 Å². The van der Waals surface area contributed by atoms with E-state index in [9.17, 15) is 0 Å². The summed E-state index contributed by atoms with van der Waals surface area (Å²) in [6.07, 6.45) is 0. The van der Waals surface area contributed by atoms with Crippen LogP contribution in [0.3, 0.4) is 0 Å². The van der Waals surface area contributed by atoms with Crippen molar-refractivity contribution in [3.8, 4) is 45.0 Å². The Kier molecular flexibility index (Phi) is 5.42. The summed E-state index contributed by atoms with van der Waals surface area (Å²) in [4.78, 5) is 9.86. The minimum absolute atomic E-state index is 0.719. The largest absolute Gasteiger partial charge is 0.228 e. The summed E-state index contributed by atoms with van der Waals surface area (Å²) < 4.78 is 1.06. The van der Waals surface area contributed by atoms with Gasteiger partial charge in [-0.1, -0.05) is 107 Å². The molecule has 2 nitrogen and oxygen atoms in total. The molecule has 0 aliphatic heterocycles. The highest BCUT2D eigenvalue weighted by atomic mass is 79.9. The monoisotopic (exact) mass is 462 g/mol. The minimum atomic E-state index is 0.719. The van der Waals surface area contributed by atoms with Gasteiger partial charge in [0.25, 0.3) is 0 Å². The number of nitrogens with zero attached hydrogens (tertiary/aromatic N) is 2. The van der Waals surface area contributed by atoms with Crippen LogP contribution in [-0.4, -0.2) is 9.97 Å². The summed E-state index contributed by atoms with van der Waals surface area (Å²) in [5, 5.41) is 0. The lowest BCUT2D eigenvalue weighted by atomic mass is 10.0. The number of rotatable bonds is 4. The first kappa shape index (κ1) is 19.4. The average Bonchev–Trinajstić information content (AvgIpc) is 2.85. The van der Waals surface area contributed by atoms with Gasteiger partial charge in [0.2, 0.25) is 0 Å². The number of aromatic nitrogens is 2. The van der Waals surface area contributed by atoms with E-state index in [2.05, 4.69) is 82.7 Å². The highest BCUT2D eigenvalue weighted by Crippen LogP contribution is 2.30. The Labute approximate surface area is 190 Å². The van der Waals surface area contributed by atoms with Gasteiger partial charge in [-0.2, -0.15) is 0 Å². The summed E-state index contributed by atoms with van der Waals surface area (Å²) in [6, 6.07) is 39.3. The van der Waals surface area contributed by atoms with Crippen molar-refractivity contribution in [1.29, 1.82) is 0 Å². The van der Waals surface area contributed by atoms with Crippen molar-refractivity contribution in [2.45, 2.75) is 0 Å². The van der Waals surface area contributed by atoms with Crippen LogP contribution in [0.1, 0.15) is 0 Å². The van der Waals surface area contributed by atoms with Gasteiger partial charge in [0, 0.05) is 21.2 Å². The SMILES string of the molecule is Brc1cccc(-c2cccc(-c3nc(-c4ccccc4)cc(-c4ccccc4)n3)c2)c1. The number of benzene rings is 4. The van der Waals surface area contributed by atoms with Crippen LogP contribution in [0.4, 0.5) is 0 Å². The molecule has 0 bridgehead atoms. The highest BCUT2D eigenvalue weighted by Gasteiger charge is 2.11. The number of hydrogen-bond acceptors (Lipinski definition) is 2. The van der Waals surface area contributed by atoms with Crippen molar-refractivity contribution in [2.24, 2.45) is 0 Å². The van der Waals surface area contributed by atoms with Gasteiger partial charge in [-0.15, -0.1) is 0 Å². The molecule has 0 fully saturated rings. The van der Waals surface area contributed by atoms with Crippen LogP contribution in [0.15, 0.2) is 120 Å². The molecule has 0 saturated carbocycles. The van der Waals surface area contributed by atoms with Crippen LogP contribution < -0.4 is 0 Å². The molecular weight excluding hydrogens is 444 g/mol. The molecule has 4 aromatic carbocycles. The molecular formula is C28H19BrN2. The van der Waals surface area contributed by atoms with Gasteiger partial charge in [-0.05, 0) is 35.4 Å². The molecule has 0 aliphatic carbocycles. The fourth-order valence-corrected chi connectivity index (χ4v) is 4.00. The molecule has 1 aromatic heterocycles. The zero-order chi connectivity index (χ0) is 21.0. The smallest absolute Gasteiger partial charge is 0.160 e. The molecule has 148 valence electrons.